The summed E-state index contributed by atoms with van der Waals surface area (Å²) in [5, 5.41) is 2.24. The van der Waals surface area contributed by atoms with Gasteiger partial charge < -0.3 is 9.47 Å². The Morgan fingerprint density at radius 2 is 1.95 bits per heavy atom. The third kappa shape index (κ3) is 2.76. The van der Waals surface area contributed by atoms with Gasteiger partial charge in [-0.05, 0) is 19.3 Å². The number of nitrogens with zero attached hydrogens (tertiary/aromatic N) is 1. The van der Waals surface area contributed by atoms with E-state index >= 15 is 0 Å². The molecule has 106 valence electrons. The van der Waals surface area contributed by atoms with Gasteiger partial charge in [0.15, 0.2) is 0 Å². The number of carbonyl (C=O) groups excluding carboxylic acids is 3. The maximum Gasteiger partial charge on any atom is 0.330 e. The molecule has 1 heterocycles. The highest BCUT2D eigenvalue weighted by molar-refractivity contribution is 6.20. The summed E-state index contributed by atoms with van der Waals surface area (Å²) in [4.78, 5) is 36.4. The molecule has 0 atom stereocenters. The van der Waals surface area contributed by atoms with Gasteiger partial charge in [-0.15, -0.1) is 0 Å². The molecule has 0 radical (unpaired) electrons. The summed E-state index contributed by atoms with van der Waals surface area (Å²) in [6.07, 6.45) is 1.62. The summed E-state index contributed by atoms with van der Waals surface area (Å²) in [7, 11) is 1.59. The zero-order valence-electron chi connectivity index (χ0n) is 10.9. The molecule has 7 heteroatoms. The van der Waals surface area contributed by atoms with Crippen LogP contribution in [0.25, 0.3) is 0 Å². The number of nitrogens with one attached hydrogen (secondary N) is 1. The Hall–Kier alpha value is -1.47. The highest BCUT2D eigenvalue weighted by Crippen LogP contribution is 2.48. The average molecular weight is 270 g/mol. The summed E-state index contributed by atoms with van der Waals surface area (Å²) in [5.41, 5.74) is -0.954. The fourth-order valence-electron chi connectivity index (χ4n) is 2.07. The van der Waals surface area contributed by atoms with E-state index in [1.165, 1.54) is 0 Å². The van der Waals surface area contributed by atoms with Crippen LogP contribution < -0.4 is 5.32 Å². The van der Waals surface area contributed by atoms with Gasteiger partial charge in [0.2, 0.25) is 11.8 Å². The van der Waals surface area contributed by atoms with E-state index < -0.39 is 17.4 Å². The van der Waals surface area contributed by atoms with Crippen LogP contribution in [0.5, 0.6) is 0 Å². The van der Waals surface area contributed by atoms with E-state index in [-0.39, 0.29) is 12.5 Å². The first-order chi connectivity index (χ1) is 9.12. The lowest BCUT2D eigenvalue weighted by Crippen LogP contribution is -2.59. The second kappa shape index (κ2) is 5.66. The standard InChI is InChI=1S/C12H18N2O5/c1-18-7-8-19-6-2-5-14-10(16)12(3-4-12)9(15)13-11(14)17/h2-8H2,1H3,(H,13,15,17). The number of hydrogen-bond acceptors (Lipinski definition) is 5. The fraction of sp³-hybridized carbons (Fsp3) is 0.750. The van der Waals surface area contributed by atoms with Crippen LogP contribution in [-0.4, -0.2) is 56.2 Å². The second-order valence-electron chi connectivity index (χ2n) is 4.76. The monoisotopic (exact) mass is 270 g/mol. The number of imide groups is 2. The van der Waals surface area contributed by atoms with Gasteiger partial charge in [-0.25, -0.2) is 4.79 Å². The van der Waals surface area contributed by atoms with Crippen molar-refractivity contribution < 1.29 is 23.9 Å². The molecule has 1 spiro atoms. The Morgan fingerprint density at radius 3 is 2.58 bits per heavy atom. The lowest BCUT2D eigenvalue weighted by Gasteiger charge is -2.30. The van der Waals surface area contributed by atoms with Crippen LogP contribution in [0, 0.1) is 5.41 Å². The lowest BCUT2D eigenvalue weighted by molar-refractivity contribution is -0.144. The van der Waals surface area contributed by atoms with Crippen molar-refractivity contribution in [3.05, 3.63) is 0 Å². The third-order valence-electron chi connectivity index (χ3n) is 3.41. The maximum absolute atomic E-state index is 12.1. The molecule has 4 amide bonds. The van der Waals surface area contributed by atoms with E-state index in [9.17, 15) is 14.4 Å². The topological polar surface area (TPSA) is 84.9 Å². The number of methoxy groups -OCH3 is 1. The van der Waals surface area contributed by atoms with Gasteiger partial charge >= 0.3 is 6.03 Å². The van der Waals surface area contributed by atoms with Crippen LogP contribution in [0.2, 0.25) is 0 Å². The van der Waals surface area contributed by atoms with Crippen molar-refractivity contribution in [2.45, 2.75) is 19.3 Å². The molecule has 0 bridgehead atoms. The molecule has 1 saturated heterocycles. The zero-order chi connectivity index (χ0) is 13.9. The Bertz CT molecular complexity index is 392. The van der Waals surface area contributed by atoms with Crippen molar-refractivity contribution in [1.82, 2.24) is 10.2 Å². The highest BCUT2D eigenvalue weighted by atomic mass is 16.5. The summed E-state index contributed by atoms with van der Waals surface area (Å²) in [6.45, 7) is 1.72. The van der Waals surface area contributed by atoms with Crippen molar-refractivity contribution >= 4 is 17.8 Å². The van der Waals surface area contributed by atoms with Crippen LogP contribution in [0.15, 0.2) is 0 Å². The molecular formula is C12H18N2O5. The SMILES string of the molecule is COCCOCCCN1C(=O)NC(=O)C2(CC2)C1=O. The number of rotatable bonds is 7. The van der Waals surface area contributed by atoms with Crippen LogP contribution in [0.3, 0.4) is 0 Å². The Balaban J connectivity index is 1.78. The van der Waals surface area contributed by atoms with Crippen molar-refractivity contribution in [2.24, 2.45) is 5.41 Å². The van der Waals surface area contributed by atoms with E-state index in [4.69, 9.17) is 9.47 Å². The van der Waals surface area contributed by atoms with Gasteiger partial charge in [0, 0.05) is 20.3 Å². The number of urea groups is 1. The van der Waals surface area contributed by atoms with Crippen LogP contribution in [-0.2, 0) is 19.1 Å². The first-order valence-corrected chi connectivity index (χ1v) is 6.36. The predicted molar refractivity (Wildman–Crippen MR) is 64.2 cm³/mol. The third-order valence-corrected chi connectivity index (χ3v) is 3.41. The molecule has 2 rings (SSSR count). The lowest BCUT2D eigenvalue weighted by atomic mass is 10.0. The molecule has 1 saturated carbocycles. The van der Waals surface area contributed by atoms with Gasteiger partial charge in [-0.2, -0.15) is 0 Å². The van der Waals surface area contributed by atoms with Gasteiger partial charge in [-0.3, -0.25) is 19.8 Å². The van der Waals surface area contributed by atoms with Crippen molar-refractivity contribution in [3.63, 3.8) is 0 Å². The van der Waals surface area contributed by atoms with Crippen molar-refractivity contribution in [2.75, 3.05) is 33.5 Å². The average Bonchev–Trinajstić information content (AvgIpc) is 3.17. The first kappa shape index (κ1) is 14.0. The number of hydrogen-bond donors (Lipinski definition) is 1. The highest BCUT2D eigenvalue weighted by Gasteiger charge is 2.61. The Morgan fingerprint density at radius 1 is 1.21 bits per heavy atom. The summed E-state index contributed by atoms with van der Waals surface area (Å²) in [6, 6.07) is -0.621. The molecule has 0 aromatic carbocycles. The number of carbonyl (C=O) groups is 3. The molecule has 7 nitrogen and oxygen atoms in total. The van der Waals surface area contributed by atoms with Gasteiger partial charge in [0.1, 0.15) is 5.41 Å². The second-order valence-corrected chi connectivity index (χ2v) is 4.76. The van der Waals surface area contributed by atoms with Crippen LogP contribution in [0.4, 0.5) is 4.79 Å². The fourth-order valence-corrected chi connectivity index (χ4v) is 2.07. The smallest absolute Gasteiger partial charge is 0.330 e. The molecule has 2 aliphatic rings. The minimum atomic E-state index is -0.954. The molecule has 1 aliphatic heterocycles. The number of barbiturate groups is 1. The molecule has 19 heavy (non-hydrogen) atoms. The van der Waals surface area contributed by atoms with E-state index in [1.807, 2.05) is 0 Å². The Labute approximate surface area is 111 Å². The van der Waals surface area contributed by atoms with E-state index in [1.54, 1.807) is 7.11 Å². The molecule has 0 unspecified atom stereocenters. The van der Waals surface area contributed by atoms with E-state index in [0.29, 0.717) is 39.1 Å². The first-order valence-electron chi connectivity index (χ1n) is 6.36. The van der Waals surface area contributed by atoms with Crippen LogP contribution in [0.1, 0.15) is 19.3 Å². The predicted octanol–water partition coefficient (Wildman–Crippen LogP) is -0.102. The maximum atomic E-state index is 12.1. The largest absolute Gasteiger partial charge is 0.382 e. The summed E-state index contributed by atoms with van der Waals surface area (Å²) >= 11 is 0. The molecule has 0 aromatic heterocycles. The molecular weight excluding hydrogens is 252 g/mol. The zero-order valence-corrected chi connectivity index (χ0v) is 10.9. The van der Waals surface area contributed by atoms with Gasteiger partial charge in [0.05, 0.1) is 13.2 Å². The normalized spacial score (nSPS) is 20.9. The van der Waals surface area contributed by atoms with Crippen LogP contribution >= 0.6 is 0 Å². The van der Waals surface area contributed by atoms with Gasteiger partial charge in [-0.1, -0.05) is 0 Å². The molecule has 2 fully saturated rings. The summed E-state index contributed by atoms with van der Waals surface area (Å²) in [5.74, 6) is -0.812. The van der Waals surface area contributed by atoms with Crippen molar-refractivity contribution in [1.29, 1.82) is 0 Å². The van der Waals surface area contributed by atoms with E-state index in [2.05, 4.69) is 5.32 Å². The number of ether oxygens (including phenoxy) is 2. The molecule has 1 aliphatic carbocycles. The van der Waals surface area contributed by atoms with E-state index in [0.717, 1.165) is 4.90 Å². The number of amides is 4. The Kier molecular flexibility index (Phi) is 4.16. The van der Waals surface area contributed by atoms with Gasteiger partial charge in [0.25, 0.3) is 0 Å². The minimum Gasteiger partial charge on any atom is -0.382 e. The van der Waals surface area contributed by atoms with Crippen molar-refractivity contribution in [3.8, 4) is 0 Å². The molecule has 1 N–H and O–H groups in total. The minimum absolute atomic E-state index is 0.271. The molecule has 0 aromatic rings. The summed E-state index contributed by atoms with van der Waals surface area (Å²) < 4.78 is 10.1. The quantitative estimate of drug-likeness (QED) is 0.515.